The van der Waals surface area contributed by atoms with Crippen LogP contribution in [0.5, 0.6) is 0 Å². The first-order valence-corrected chi connectivity index (χ1v) is 10.2. The van der Waals surface area contributed by atoms with E-state index in [4.69, 9.17) is 5.26 Å². The summed E-state index contributed by atoms with van der Waals surface area (Å²) in [5.41, 5.74) is 0.343. The number of nitriles is 1. The van der Waals surface area contributed by atoms with Gasteiger partial charge < -0.3 is 4.90 Å². The van der Waals surface area contributed by atoms with E-state index in [0.717, 1.165) is 30.1 Å². The Labute approximate surface area is 156 Å². The summed E-state index contributed by atoms with van der Waals surface area (Å²) in [5.74, 6) is 4.20. The second-order valence-corrected chi connectivity index (χ2v) is 8.28. The highest BCUT2D eigenvalue weighted by molar-refractivity contribution is 5.20. The molecule has 3 saturated carbocycles. The van der Waals surface area contributed by atoms with E-state index in [0.29, 0.717) is 17.4 Å². The molecule has 0 spiro atoms. The Morgan fingerprint density at radius 2 is 1.80 bits per heavy atom. The minimum atomic E-state index is 0. The summed E-state index contributed by atoms with van der Waals surface area (Å²) in [6.07, 6.45) is 15.7. The van der Waals surface area contributed by atoms with E-state index in [1.807, 2.05) is 20.0 Å². The molecule has 3 aliphatic carbocycles. The summed E-state index contributed by atoms with van der Waals surface area (Å²) in [7, 11) is 0. The van der Waals surface area contributed by atoms with E-state index >= 15 is 0 Å². The van der Waals surface area contributed by atoms with Crippen molar-refractivity contribution in [2.75, 3.05) is 0 Å². The Morgan fingerprint density at radius 3 is 2.48 bits per heavy atom. The van der Waals surface area contributed by atoms with Crippen LogP contribution in [0.1, 0.15) is 73.1 Å². The number of hydrogen-bond acceptors (Lipinski definition) is 2. The van der Waals surface area contributed by atoms with Crippen molar-refractivity contribution < 1.29 is 0 Å². The number of hydrogen-bond donors (Lipinski definition) is 0. The Morgan fingerprint density at radius 1 is 1.12 bits per heavy atom. The second-order valence-electron chi connectivity index (χ2n) is 8.28. The third-order valence-electron chi connectivity index (χ3n) is 7.72. The lowest BCUT2D eigenvalue weighted by Gasteiger charge is -2.54. The van der Waals surface area contributed by atoms with E-state index in [-0.39, 0.29) is 7.43 Å². The SMILES string of the molecule is C.C=CN1C=CC2(C)C3CCC4C(CC#N)CCC4C3CCC12.CC. The van der Waals surface area contributed by atoms with Gasteiger partial charge in [0.15, 0.2) is 0 Å². The van der Waals surface area contributed by atoms with Crippen molar-refractivity contribution in [1.29, 1.82) is 5.26 Å². The van der Waals surface area contributed by atoms with Crippen LogP contribution in [0.25, 0.3) is 0 Å². The molecule has 3 fully saturated rings. The third-order valence-corrected chi connectivity index (χ3v) is 7.72. The monoisotopic (exact) mass is 342 g/mol. The van der Waals surface area contributed by atoms with Gasteiger partial charge in [0.2, 0.25) is 0 Å². The van der Waals surface area contributed by atoms with Crippen molar-refractivity contribution in [3.63, 3.8) is 0 Å². The highest BCUT2D eigenvalue weighted by Gasteiger charge is 2.56. The Balaban J connectivity index is 0.000000726. The van der Waals surface area contributed by atoms with Gasteiger partial charge in [0.1, 0.15) is 0 Å². The molecule has 0 aromatic heterocycles. The van der Waals surface area contributed by atoms with Gasteiger partial charge in [-0.25, -0.2) is 0 Å². The molecule has 0 N–H and O–H groups in total. The maximum absolute atomic E-state index is 9.10. The molecule has 0 radical (unpaired) electrons. The van der Waals surface area contributed by atoms with Crippen molar-refractivity contribution in [3.8, 4) is 6.07 Å². The van der Waals surface area contributed by atoms with Crippen LogP contribution in [-0.4, -0.2) is 10.9 Å². The van der Waals surface area contributed by atoms with Gasteiger partial charge in [-0.3, -0.25) is 0 Å². The molecule has 0 amide bonds. The predicted molar refractivity (Wildman–Crippen MR) is 107 cm³/mol. The second kappa shape index (κ2) is 7.98. The molecule has 25 heavy (non-hydrogen) atoms. The summed E-state index contributed by atoms with van der Waals surface area (Å²) >= 11 is 0. The topological polar surface area (TPSA) is 27.0 Å². The van der Waals surface area contributed by atoms with Gasteiger partial charge in [-0.2, -0.15) is 5.26 Å². The van der Waals surface area contributed by atoms with Gasteiger partial charge in [-0.05, 0) is 74.3 Å². The largest absolute Gasteiger partial charge is 0.351 e. The summed E-state index contributed by atoms with van der Waals surface area (Å²) < 4.78 is 0. The average Bonchev–Trinajstić information content (AvgIpc) is 3.18. The van der Waals surface area contributed by atoms with Gasteiger partial charge >= 0.3 is 0 Å². The van der Waals surface area contributed by atoms with E-state index in [1.54, 1.807) is 0 Å². The lowest BCUT2D eigenvalue weighted by molar-refractivity contribution is -0.0323. The molecule has 1 heterocycles. The van der Waals surface area contributed by atoms with Crippen LogP contribution in [0.3, 0.4) is 0 Å². The Bertz CT molecular complexity index is 531. The zero-order chi connectivity index (χ0) is 17.3. The van der Waals surface area contributed by atoms with Crippen LogP contribution in [-0.2, 0) is 0 Å². The zero-order valence-corrected chi connectivity index (χ0v) is 15.7. The van der Waals surface area contributed by atoms with E-state index in [2.05, 4.69) is 36.7 Å². The molecular formula is C23H38N2. The normalized spacial score (nSPS) is 43.5. The molecule has 4 aliphatic rings. The maximum atomic E-state index is 9.10. The van der Waals surface area contributed by atoms with Crippen molar-refractivity contribution >= 4 is 0 Å². The summed E-state index contributed by atoms with van der Waals surface area (Å²) in [5, 5.41) is 9.10. The molecule has 140 valence electrons. The zero-order valence-electron chi connectivity index (χ0n) is 15.7. The number of rotatable bonds is 2. The van der Waals surface area contributed by atoms with Crippen molar-refractivity contribution in [2.45, 2.75) is 79.2 Å². The molecular weight excluding hydrogens is 304 g/mol. The Kier molecular flexibility index (Phi) is 6.41. The molecule has 2 nitrogen and oxygen atoms in total. The van der Waals surface area contributed by atoms with Crippen molar-refractivity contribution in [2.24, 2.45) is 35.0 Å². The van der Waals surface area contributed by atoms with Gasteiger partial charge in [-0.1, -0.05) is 40.9 Å². The number of nitrogens with zero attached hydrogens (tertiary/aromatic N) is 2. The minimum absolute atomic E-state index is 0. The van der Waals surface area contributed by atoms with Crippen LogP contribution in [0, 0.1) is 46.3 Å². The molecule has 1 aliphatic heterocycles. The van der Waals surface area contributed by atoms with Gasteiger partial charge in [-0.15, -0.1) is 0 Å². The molecule has 0 bridgehead atoms. The first kappa shape index (κ1) is 20.1. The minimum Gasteiger partial charge on any atom is -0.351 e. The van der Waals surface area contributed by atoms with Gasteiger partial charge in [0.05, 0.1) is 6.07 Å². The summed E-state index contributed by atoms with van der Waals surface area (Å²) in [6.45, 7) is 10.5. The maximum Gasteiger partial charge on any atom is 0.0624 e. The molecule has 7 atom stereocenters. The van der Waals surface area contributed by atoms with Crippen LogP contribution in [0.15, 0.2) is 25.1 Å². The number of fused-ring (bicyclic) bond motifs is 5. The highest BCUT2D eigenvalue weighted by atomic mass is 15.2. The fraction of sp³-hybridized carbons (Fsp3) is 0.783. The summed E-state index contributed by atoms with van der Waals surface area (Å²) in [6, 6.07) is 3.08. The fourth-order valence-corrected chi connectivity index (χ4v) is 6.76. The van der Waals surface area contributed by atoms with E-state index in [9.17, 15) is 0 Å². The van der Waals surface area contributed by atoms with E-state index in [1.165, 1.54) is 38.5 Å². The molecule has 0 saturated heterocycles. The molecule has 4 rings (SSSR count). The molecule has 0 aromatic rings. The van der Waals surface area contributed by atoms with Crippen LogP contribution in [0.4, 0.5) is 0 Å². The van der Waals surface area contributed by atoms with Gasteiger partial charge in [0.25, 0.3) is 0 Å². The highest BCUT2D eigenvalue weighted by Crippen LogP contribution is 2.61. The van der Waals surface area contributed by atoms with Crippen LogP contribution in [0.2, 0.25) is 0 Å². The van der Waals surface area contributed by atoms with Crippen LogP contribution >= 0.6 is 0 Å². The Hall–Kier alpha value is -1.23. The fourth-order valence-electron chi connectivity index (χ4n) is 6.76. The first-order valence-electron chi connectivity index (χ1n) is 10.2. The molecule has 0 aromatic carbocycles. The van der Waals surface area contributed by atoms with Crippen LogP contribution < -0.4 is 0 Å². The van der Waals surface area contributed by atoms with Gasteiger partial charge in [0, 0.05) is 24.1 Å². The third kappa shape index (κ3) is 3.05. The first-order chi connectivity index (χ1) is 11.7. The average molecular weight is 343 g/mol. The lowest BCUT2D eigenvalue weighted by atomic mass is 9.52. The predicted octanol–water partition coefficient (Wildman–Crippen LogP) is 6.37. The quantitative estimate of drug-likeness (QED) is 0.583. The smallest absolute Gasteiger partial charge is 0.0624 e. The molecule has 2 heteroatoms. The molecule has 7 unspecified atom stereocenters. The summed E-state index contributed by atoms with van der Waals surface area (Å²) in [4.78, 5) is 2.36. The van der Waals surface area contributed by atoms with Crippen molar-refractivity contribution in [1.82, 2.24) is 4.90 Å². The standard InChI is InChI=1S/C20H28N2.C2H6.CH4/c1-3-22-13-11-20(2)18-8-6-15-14(10-12-21)4-5-16(15)17(18)7-9-19(20)22;1-2;/h3,11,13-19H,1,4-10H2,2H3;1-2H3;1H4. The van der Waals surface area contributed by atoms with E-state index < -0.39 is 0 Å². The van der Waals surface area contributed by atoms with Crippen molar-refractivity contribution in [3.05, 3.63) is 25.1 Å². The lowest BCUT2D eigenvalue weighted by Crippen LogP contribution is -2.51.